The Bertz CT molecular complexity index is 839. The van der Waals surface area contributed by atoms with Crippen molar-refractivity contribution in [1.82, 2.24) is 10.2 Å². The normalized spacial score (nSPS) is 10.0. The molecule has 2 aromatic carbocycles. The van der Waals surface area contributed by atoms with Crippen molar-refractivity contribution in [2.24, 2.45) is 0 Å². The molecule has 5 nitrogen and oxygen atoms in total. The van der Waals surface area contributed by atoms with Crippen LogP contribution in [-0.2, 0) is 4.79 Å². The van der Waals surface area contributed by atoms with Gasteiger partial charge in [-0.2, -0.15) is 0 Å². The number of carbonyl (C=O) groups is 2. The minimum absolute atomic E-state index is 0.193. The van der Waals surface area contributed by atoms with Crippen LogP contribution in [0, 0.1) is 17.7 Å². The second-order valence-electron chi connectivity index (χ2n) is 5.42. The van der Waals surface area contributed by atoms with Crippen LogP contribution < -0.4 is 5.32 Å². The smallest absolute Gasteiger partial charge is 0.407 e. The standard InChI is InChI=1S/C19H19FN2O3/c1-21-18(23)13-22(19(24)25)12-6-2-3-7-14-10-11-17(20)16-9-5-4-8-15(14)16/h4-5,8-11H,2,6,12-13H2,1H3,(H,21,23)(H,24,25). The zero-order valence-corrected chi connectivity index (χ0v) is 13.9. The summed E-state index contributed by atoms with van der Waals surface area (Å²) in [4.78, 5) is 23.4. The number of nitrogens with one attached hydrogen (secondary N) is 1. The van der Waals surface area contributed by atoms with Crippen LogP contribution in [0.2, 0.25) is 0 Å². The molecule has 2 aromatic rings. The average Bonchev–Trinajstić information content (AvgIpc) is 2.62. The number of carboxylic acid groups (broad SMARTS) is 1. The zero-order chi connectivity index (χ0) is 18.2. The molecule has 0 unspecified atom stereocenters. The lowest BCUT2D eigenvalue weighted by Crippen LogP contribution is -2.39. The van der Waals surface area contributed by atoms with Crippen molar-refractivity contribution in [3.63, 3.8) is 0 Å². The first kappa shape index (κ1) is 18.3. The number of unbranched alkanes of at least 4 members (excludes halogenated alkanes) is 1. The number of nitrogens with zero attached hydrogens (tertiary/aromatic N) is 1. The van der Waals surface area contributed by atoms with E-state index in [4.69, 9.17) is 5.11 Å². The molecule has 0 aliphatic carbocycles. The third-order valence-electron chi connectivity index (χ3n) is 3.71. The van der Waals surface area contributed by atoms with Crippen molar-refractivity contribution in [3.05, 3.63) is 47.8 Å². The van der Waals surface area contributed by atoms with Gasteiger partial charge in [0.2, 0.25) is 5.91 Å². The van der Waals surface area contributed by atoms with Crippen molar-refractivity contribution in [2.45, 2.75) is 12.8 Å². The lowest BCUT2D eigenvalue weighted by Gasteiger charge is -2.17. The Labute approximate surface area is 145 Å². The minimum Gasteiger partial charge on any atom is -0.465 e. The zero-order valence-electron chi connectivity index (χ0n) is 13.9. The maximum Gasteiger partial charge on any atom is 0.407 e. The molecule has 25 heavy (non-hydrogen) atoms. The molecule has 0 spiro atoms. The van der Waals surface area contributed by atoms with E-state index in [1.807, 2.05) is 12.1 Å². The SMILES string of the molecule is CNC(=O)CN(CCCC#Cc1ccc(F)c2ccccc12)C(=O)O. The molecule has 0 fully saturated rings. The minimum atomic E-state index is -1.14. The van der Waals surface area contributed by atoms with Gasteiger partial charge in [-0.1, -0.05) is 36.1 Å². The largest absolute Gasteiger partial charge is 0.465 e. The quantitative estimate of drug-likeness (QED) is 0.648. The molecule has 0 saturated heterocycles. The van der Waals surface area contributed by atoms with E-state index < -0.39 is 6.09 Å². The summed E-state index contributed by atoms with van der Waals surface area (Å²) in [5.41, 5.74) is 0.734. The van der Waals surface area contributed by atoms with E-state index in [2.05, 4.69) is 17.2 Å². The molecule has 2 rings (SSSR count). The molecule has 0 saturated carbocycles. The maximum absolute atomic E-state index is 13.8. The van der Waals surface area contributed by atoms with Crippen molar-refractivity contribution >= 4 is 22.8 Å². The lowest BCUT2D eigenvalue weighted by molar-refractivity contribution is -0.121. The predicted molar refractivity (Wildman–Crippen MR) is 93.7 cm³/mol. The fourth-order valence-electron chi connectivity index (χ4n) is 2.38. The fourth-order valence-corrected chi connectivity index (χ4v) is 2.38. The summed E-state index contributed by atoms with van der Waals surface area (Å²) in [6, 6.07) is 10.2. The third kappa shape index (κ3) is 4.95. The van der Waals surface area contributed by atoms with Crippen LogP contribution >= 0.6 is 0 Å². The fraction of sp³-hybridized carbons (Fsp3) is 0.263. The van der Waals surface area contributed by atoms with Crippen LogP contribution in [0.25, 0.3) is 10.8 Å². The highest BCUT2D eigenvalue weighted by molar-refractivity contribution is 5.88. The van der Waals surface area contributed by atoms with Crippen LogP contribution in [-0.4, -0.2) is 42.1 Å². The van der Waals surface area contributed by atoms with E-state index in [-0.39, 0.29) is 24.8 Å². The molecule has 0 aliphatic heterocycles. The number of halogens is 1. The second kappa shape index (κ2) is 8.69. The van der Waals surface area contributed by atoms with Crippen LogP contribution in [0.4, 0.5) is 9.18 Å². The van der Waals surface area contributed by atoms with Gasteiger partial charge in [0, 0.05) is 36.3 Å². The highest BCUT2D eigenvalue weighted by atomic mass is 19.1. The summed E-state index contributed by atoms with van der Waals surface area (Å²) < 4.78 is 13.8. The van der Waals surface area contributed by atoms with E-state index in [9.17, 15) is 14.0 Å². The van der Waals surface area contributed by atoms with Gasteiger partial charge in [-0.05, 0) is 18.6 Å². The van der Waals surface area contributed by atoms with E-state index in [1.54, 1.807) is 18.2 Å². The van der Waals surface area contributed by atoms with Gasteiger partial charge >= 0.3 is 6.09 Å². The van der Waals surface area contributed by atoms with Crippen molar-refractivity contribution in [1.29, 1.82) is 0 Å². The Morgan fingerprint density at radius 1 is 1.20 bits per heavy atom. The summed E-state index contributed by atoms with van der Waals surface area (Å²) in [5.74, 6) is 5.35. The number of carbonyl (C=O) groups excluding carboxylic acids is 1. The molecule has 6 heteroatoms. The molecule has 0 bridgehead atoms. The summed E-state index contributed by atoms with van der Waals surface area (Å²) in [6.07, 6.45) is -0.153. The molecule has 2 N–H and O–H groups in total. The first-order chi connectivity index (χ1) is 12.0. The summed E-state index contributed by atoms with van der Waals surface area (Å²) in [6.45, 7) is 0.0312. The lowest BCUT2D eigenvalue weighted by atomic mass is 10.0. The number of benzene rings is 2. The van der Waals surface area contributed by atoms with Crippen molar-refractivity contribution < 1.29 is 19.1 Å². The molecular formula is C19H19FN2O3. The van der Waals surface area contributed by atoms with Gasteiger partial charge in [0.05, 0.1) is 0 Å². The van der Waals surface area contributed by atoms with Gasteiger partial charge in [0.1, 0.15) is 12.4 Å². The Morgan fingerprint density at radius 2 is 1.92 bits per heavy atom. The van der Waals surface area contributed by atoms with Crippen LogP contribution in [0.3, 0.4) is 0 Å². The molecule has 0 aromatic heterocycles. The summed E-state index contributed by atoms with van der Waals surface area (Å²) in [7, 11) is 1.46. The Morgan fingerprint density at radius 3 is 2.60 bits per heavy atom. The number of rotatable bonds is 5. The van der Waals surface area contributed by atoms with Gasteiger partial charge < -0.3 is 10.4 Å². The third-order valence-corrected chi connectivity index (χ3v) is 3.71. The van der Waals surface area contributed by atoms with Gasteiger partial charge in [-0.15, -0.1) is 0 Å². The predicted octanol–water partition coefficient (Wildman–Crippen LogP) is 2.84. The van der Waals surface area contributed by atoms with Gasteiger partial charge in [0.25, 0.3) is 0 Å². The highest BCUT2D eigenvalue weighted by Crippen LogP contribution is 2.21. The number of hydrogen-bond acceptors (Lipinski definition) is 2. The molecular weight excluding hydrogens is 323 g/mol. The van der Waals surface area contributed by atoms with Crippen LogP contribution in [0.15, 0.2) is 36.4 Å². The van der Waals surface area contributed by atoms with Crippen LogP contribution in [0.5, 0.6) is 0 Å². The monoisotopic (exact) mass is 342 g/mol. The van der Waals surface area contributed by atoms with Gasteiger partial charge in [-0.25, -0.2) is 9.18 Å². The van der Waals surface area contributed by atoms with Crippen molar-refractivity contribution in [2.75, 3.05) is 20.1 Å². The molecule has 0 heterocycles. The molecule has 130 valence electrons. The maximum atomic E-state index is 13.8. The molecule has 0 atom stereocenters. The average molecular weight is 342 g/mol. The highest BCUT2D eigenvalue weighted by Gasteiger charge is 2.14. The van der Waals surface area contributed by atoms with Gasteiger partial charge in [0.15, 0.2) is 0 Å². The Balaban J connectivity index is 1.98. The van der Waals surface area contributed by atoms with E-state index in [0.717, 1.165) is 15.8 Å². The number of amides is 2. The first-order valence-corrected chi connectivity index (χ1v) is 7.87. The summed E-state index contributed by atoms with van der Waals surface area (Å²) >= 11 is 0. The number of hydrogen-bond donors (Lipinski definition) is 2. The Hall–Kier alpha value is -3.07. The Kier molecular flexibility index (Phi) is 6.35. The number of fused-ring (bicyclic) bond motifs is 1. The molecule has 0 radical (unpaired) electrons. The van der Waals surface area contributed by atoms with Crippen molar-refractivity contribution in [3.8, 4) is 11.8 Å². The topological polar surface area (TPSA) is 69.6 Å². The van der Waals surface area contributed by atoms with Gasteiger partial charge in [-0.3, -0.25) is 9.69 Å². The van der Waals surface area contributed by atoms with E-state index >= 15 is 0 Å². The summed E-state index contributed by atoms with van der Waals surface area (Å²) in [5, 5.41) is 12.7. The first-order valence-electron chi connectivity index (χ1n) is 7.87. The molecule has 0 aliphatic rings. The number of likely N-dealkylation sites (N-methyl/N-ethyl adjacent to an activating group) is 1. The second-order valence-corrected chi connectivity index (χ2v) is 5.42. The molecule has 2 amide bonds. The van der Waals surface area contributed by atoms with E-state index in [1.165, 1.54) is 13.1 Å². The van der Waals surface area contributed by atoms with E-state index in [0.29, 0.717) is 18.2 Å². The van der Waals surface area contributed by atoms with Crippen LogP contribution in [0.1, 0.15) is 18.4 Å².